The van der Waals surface area contributed by atoms with E-state index in [9.17, 15) is 5.11 Å². The lowest BCUT2D eigenvalue weighted by Crippen LogP contribution is -1.97. The molecule has 0 saturated heterocycles. The van der Waals surface area contributed by atoms with Gasteiger partial charge in [-0.15, -0.1) is 0 Å². The van der Waals surface area contributed by atoms with Gasteiger partial charge in [0.05, 0.1) is 6.10 Å². The molecule has 0 fully saturated rings. The zero-order chi connectivity index (χ0) is 9.84. The van der Waals surface area contributed by atoms with Crippen LogP contribution in [0, 0.1) is 6.92 Å². The fourth-order valence-electron chi connectivity index (χ4n) is 1.53. The number of aliphatic hydroxyl groups excluding tert-OH is 1. The normalized spacial score (nSPS) is 12.9. The number of aryl methyl sites for hydroxylation is 2. The average Bonchev–Trinajstić information content (AvgIpc) is 2.15. The van der Waals surface area contributed by atoms with Crippen LogP contribution in [0.2, 0.25) is 0 Å². The van der Waals surface area contributed by atoms with E-state index in [2.05, 4.69) is 32.0 Å². The van der Waals surface area contributed by atoms with Crippen LogP contribution in [0.15, 0.2) is 18.2 Å². The second-order valence-electron chi connectivity index (χ2n) is 3.53. The van der Waals surface area contributed by atoms with Crippen molar-refractivity contribution in [1.29, 1.82) is 0 Å². The minimum Gasteiger partial charge on any atom is -0.388 e. The Kier molecular flexibility index (Phi) is 3.49. The lowest BCUT2D eigenvalue weighted by atomic mass is 10.0. The van der Waals surface area contributed by atoms with Crippen LogP contribution in [0.1, 0.15) is 43.1 Å². The third-order valence-corrected chi connectivity index (χ3v) is 2.34. The van der Waals surface area contributed by atoms with Gasteiger partial charge in [0.2, 0.25) is 0 Å². The van der Waals surface area contributed by atoms with Gasteiger partial charge in [0.25, 0.3) is 0 Å². The molecule has 1 heteroatoms. The van der Waals surface area contributed by atoms with Crippen LogP contribution in [0.25, 0.3) is 0 Å². The van der Waals surface area contributed by atoms with E-state index in [1.807, 2.05) is 6.92 Å². The maximum absolute atomic E-state index is 9.67. The van der Waals surface area contributed by atoms with Gasteiger partial charge >= 0.3 is 0 Å². The Hall–Kier alpha value is -0.820. The minimum atomic E-state index is -0.301. The number of aliphatic hydroxyl groups is 1. The van der Waals surface area contributed by atoms with Crippen molar-refractivity contribution in [2.75, 3.05) is 0 Å². The zero-order valence-corrected chi connectivity index (χ0v) is 8.67. The zero-order valence-electron chi connectivity index (χ0n) is 8.67. The summed E-state index contributed by atoms with van der Waals surface area (Å²) in [5.41, 5.74) is 3.60. The van der Waals surface area contributed by atoms with Gasteiger partial charge in [-0.3, -0.25) is 0 Å². The highest BCUT2D eigenvalue weighted by molar-refractivity contribution is 5.30. The van der Waals surface area contributed by atoms with Crippen LogP contribution in [0.5, 0.6) is 0 Å². The third-order valence-electron chi connectivity index (χ3n) is 2.34. The lowest BCUT2D eigenvalue weighted by Gasteiger charge is -2.10. The van der Waals surface area contributed by atoms with Crippen molar-refractivity contribution in [3.8, 4) is 0 Å². The molecule has 0 amide bonds. The molecule has 1 N–H and O–H groups in total. The van der Waals surface area contributed by atoms with Gasteiger partial charge in [-0.1, -0.05) is 37.6 Å². The van der Waals surface area contributed by atoms with Gasteiger partial charge in [0.1, 0.15) is 0 Å². The lowest BCUT2D eigenvalue weighted by molar-refractivity contribution is 0.173. The first-order chi connectivity index (χ1) is 6.17. The van der Waals surface area contributed by atoms with Gasteiger partial charge in [-0.25, -0.2) is 0 Å². The summed E-state index contributed by atoms with van der Waals surface area (Å²) in [6.45, 7) is 6.21. The molecule has 1 aromatic rings. The molecule has 1 nitrogen and oxygen atoms in total. The third kappa shape index (κ3) is 2.56. The minimum absolute atomic E-state index is 0.301. The molecule has 1 unspecified atom stereocenters. The second kappa shape index (κ2) is 4.43. The summed E-state index contributed by atoms with van der Waals surface area (Å²) in [5.74, 6) is 0. The highest BCUT2D eigenvalue weighted by Gasteiger charge is 2.05. The van der Waals surface area contributed by atoms with Gasteiger partial charge in [0, 0.05) is 0 Å². The van der Waals surface area contributed by atoms with Gasteiger partial charge < -0.3 is 5.11 Å². The molecule has 0 saturated carbocycles. The Morgan fingerprint density at radius 3 is 2.46 bits per heavy atom. The Morgan fingerprint density at radius 2 is 1.92 bits per heavy atom. The Labute approximate surface area is 80.4 Å². The summed E-state index contributed by atoms with van der Waals surface area (Å²) >= 11 is 0. The van der Waals surface area contributed by atoms with Gasteiger partial charge in [0.15, 0.2) is 0 Å². The summed E-state index contributed by atoms with van der Waals surface area (Å²) < 4.78 is 0. The first-order valence-corrected chi connectivity index (χ1v) is 4.95. The Morgan fingerprint density at radius 1 is 1.23 bits per heavy atom. The van der Waals surface area contributed by atoms with Crippen molar-refractivity contribution in [3.05, 3.63) is 34.9 Å². The van der Waals surface area contributed by atoms with E-state index in [-0.39, 0.29) is 6.10 Å². The van der Waals surface area contributed by atoms with E-state index in [1.165, 1.54) is 11.1 Å². The van der Waals surface area contributed by atoms with Gasteiger partial charge in [-0.05, 0) is 30.9 Å². The molecular weight excluding hydrogens is 160 g/mol. The van der Waals surface area contributed by atoms with Crippen LogP contribution in [-0.2, 0) is 6.42 Å². The van der Waals surface area contributed by atoms with Crippen molar-refractivity contribution < 1.29 is 5.11 Å². The molecule has 0 radical (unpaired) electrons. The first kappa shape index (κ1) is 10.3. The summed E-state index contributed by atoms with van der Waals surface area (Å²) in [4.78, 5) is 0. The summed E-state index contributed by atoms with van der Waals surface area (Å²) in [6, 6.07) is 6.33. The Bertz CT molecular complexity index is 278. The smallest absolute Gasteiger partial charge is 0.0787 e. The van der Waals surface area contributed by atoms with Gasteiger partial charge in [-0.2, -0.15) is 0 Å². The molecule has 0 aliphatic carbocycles. The van der Waals surface area contributed by atoms with Crippen molar-refractivity contribution in [3.63, 3.8) is 0 Å². The highest BCUT2D eigenvalue weighted by atomic mass is 16.3. The van der Waals surface area contributed by atoms with Crippen molar-refractivity contribution >= 4 is 0 Å². The molecular formula is C12H18O. The summed E-state index contributed by atoms with van der Waals surface area (Å²) in [5, 5.41) is 9.67. The number of rotatable bonds is 3. The fraction of sp³-hybridized carbons (Fsp3) is 0.500. The molecule has 0 aliphatic rings. The topological polar surface area (TPSA) is 20.2 Å². The van der Waals surface area contributed by atoms with Crippen LogP contribution in [0.4, 0.5) is 0 Å². The quantitative estimate of drug-likeness (QED) is 0.754. The van der Waals surface area contributed by atoms with E-state index in [0.29, 0.717) is 0 Å². The Balaban J connectivity index is 3.01. The number of hydrogen-bond acceptors (Lipinski definition) is 1. The molecule has 1 rings (SSSR count). The van der Waals surface area contributed by atoms with E-state index < -0.39 is 0 Å². The monoisotopic (exact) mass is 178 g/mol. The standard InChI is InChI=1S/C12H18O/c1-4-10-6-9(3)7-11(8-10)12(13)5-2/h6-8,12-13H,4-5H2,1-3H3. The number of hydrogen-bond donors (Lipinski definition) is 1. The van der Waals surface area contributed by atoms with E-state index in [4.69, 9.17) is 0 Å². The fourth-order valence-corrected chi connectivity index (χ4v) is 1.53. The molecule has 72 valence electrons. The molecule has 1 aromatic carbocycles. The molecule has 0 heterocycles. The maximum atomic E-state index is 9.67. The molecule has 0 aromatic heterocycles. The van der Waals surface area contributed by atoms with Crippen LogP contribution in [-0.4, -0.2) is 5.11 Å². The average molecular weight is 178 g/mol. The van der Waals surface area contributed by atoms with Crippen LogP contribution >= 0.6 is 0 Å². The molecule has 0 aliphatic heterocycles. The molecule has 0 spiro atoms. The molecule has 13 heavy (non-hydrogen) atoms. The van der Waals surface area contributed by atoms with E-state index in [1.54, 1.807) is 0 Å². The van der Waals surface area contributed by atoms with Crippen LogP contribution < -0.4 is 0 Å². The largest absolute Gasteiger partial charge is 0.388 e. The van der Waals surface area contributed by atoms with Crippen molar-refractivity contribution in [2.45, 2.75) is 39.7 Å². The predicted octanol–water partition coefficient (Wildman–Crippen LogP) is 3.00. The van der Waals surface area contributed by atoms with Crippen LogP contribution in [0.3, 0.4) is 0 Å². The molecule has 1 atom stereocenters. The first-order valence-electron chi connectivity index (χ1n) is 4.95. The number of benzene rings is 1. The second-order valence-corrected chi connectivity index (χ2v) is 3.53. The highest BCUT2D eigenvalue weighted by Crippen LogP contribution is 2.19. The molecule has 0 bridgehead atoms. The van der Waals surface area contributed by atoms with E-state index in [0.717, 1.165) is 18.4 Å². The summed E-state index contributed by atoms with van der Waals surface area (Å²) in [7, 11) is 0. The van der Waals surface area contributed by atoms with Crippen molar-refractivity contribution in [1.82, 2.24) is 0 Å². The summed E-state index contributed by atoms with van der Waals surface area (Å²) in [6.07, 6.45) is 1.52. The SMILES string of the molecule is CCc1cc(C)cc(C(O)CC)c1. The van der Waals surface area contributed by atoms with Crippen molar-refractivity contribution in [2.24, 2.45) is 0 Å². The maximum Gasteiger partial charge on any atom is 0.0787 e. The van der Waals surface area contributed by atoms with E-state index >= 15 is 0 Å². The predicted molar refractivity (Wildman–Crippen MR) is 55.8 cm³/mol.